The lowest BCUT2D eigenvalue weighted by Gasteiger charge is -2.08. The van der Waals surface area contributed by atoms with Crippen LogP contribution in [-0.2, 0) is 0 Å². The number of benzene rings is 2. The number of rotatable bonds is 1. The average Bonchev–Trinajstić information content (AvgIpc) is 2.23. The van der Waals surface area contributed by atoms with Crippen molar-refractivity contribution in [2.75, 3.05) is 0 Å². The summed E-state index contributed by atoms with van der Waals surface area (Å²) in [5.41, 5.74) is 1.84. The summed E-state index contributed by atoms with van der Waals surface area (Å²) in [5, 5.41) is 28.8. The van der Waals surface area contributed by atoms with Crippen LogP contribution in [0.5, 0.6) is 17.2 Å². The van der Waals surface area contributed by atoms with E-state index in [0.717, 1.165) is 5.56 Å². The molecular weight excluding hydrogens is 204 g/mol. The Morgan fingerprint density at radius 2 is 1.56 bits per heavy atom. The SMILES string of the molecule is Cc1ccc(-c2cccc(O)c2O)c(O)c1. The third kappa shape index (κ3) is 1.67. The van der Waals surface area contributed by atoms with Gasteiger partial charge in [0, 0.05) is 11.1 Å². The normalized spacial score (nSPS) is 10.3. The highest BCUT2D eigenvalue weighted by Gasteiger charge is 2.11. The lowest BCUT2D eigenvalue weighted by atomic mass is 10.0. The third-order valence-corrected chi connectivity index (χ3v) is 2.46. The van der Waals surface area contributed by atoms with E-state index in [2.05, 4.69) is 0 Å². The van der Waals surface area contributed by atoms with Crippen molar-refractivity contribution < 1.29 is 15.3 Å². The molecule has 82 valence electrons. The van der Waals surface area contributed by atoms with E-state index in [0.29, 0.717) is 11.1 Å². The van der Waals surface area contributed by atoms with Crippen LogP contribution in [0.1, 0.15) is 5.56 Å². The minimum atomic E-state index is -0.221. The molecule has 0 bridgehead atoms. The molecule has 3 heteroatoms. The Morgan fingerprint density at radius 3 is 2.25 bits per heavy atom. The summed E-state index contributed by atoms with van der Waals surface area (Å²) in [7, 11) is 0. The van der Waals surface area contributed by atoms with Crippen LogP contribution in [0.15, 0.2) is 36.4 Å². The number of aryl methyl sites for hydroxylation is 1. The zero-order valence-corrected chi connectivity index (χ0v) is 8.81. The second kappa shape index (κ2) is 3.77. The third-order valence-electron chi connectivity index (χ3n) is 2.46. The molecule has 0 spiro atoms. The van der Waals surface area contributed by atoms with Crippen molar-refractivity contribution in [3.63, 3.8) is 0 Å². The standard InChI is InChI=1S/C13H12O3/c1-8-5-6-9(12(15)7-8)10-3-2-4-11(14)13(10)16/h2-7,14-16H,1H3. The zero-order valence-electron chi connectivity index (χ0n) is 8.81. The fourth-order valence-electron chi connectivity index (χ4n) is 1.62. The van der Waals surface area contributed by atoms with Crippen LogP contribution < -0.4 is 0 Å². The molecule has 2 rings (SSSR count). The van der Waals surface area contributed by atoms with E-state index in [1.807, 2.05) is 13.0 Å². The molecule has 0 heterocycles. The van der Waals surface area contributed by atoms with Crippen molar-refractivity contribution in [3.8, 4) is 28.4 Å². The molecule has 2 aromatic rings. The Morgan fingerprint density at radius 1 is 0.812 bits per heavy atom. The maximum atomic E-state index is 9.77. The summed E-state index contributed by atoms with van der Waals surface area (Å²) in [5.74, 6) is -0.333. The number of hydrogen-bond acceptors (Lipinski definition) is 3. The molecule has 0 fully saturated rings. The van der Waals surface area contributed by atoms with Crippen LogP contribution in [-0.4, -0.2) is 15.3 Å². The van der Waals surface area contributed by atoms with Crippen molar-refractivity contribution >= 4 is 0 Å². The highest BCUT2D eigenvalue weighted by atomic mass is 16.3. The van der Waals surface area contributed by atoms with Crippen LogP contribution in [0.25, 0.3) is 11.1 Å². The van der Waals surface area contributed by atoms with Gasteiger partial charge < -0.3 is 15.3 Å². The van der Waals surface area contributed by atoms with Gasteiger partial charge in [-0.15, -0.1) is 0 Å². The average molecular weight is 216 g/mol. The van der Waals surface area contributed by atoms with E-state index in [-0.39, 0.29) is 17.2 Å². The maximum Gasteiger partial charge on any atom is 0.165 e. The molecule has 0 saturated heterocycles. The molecule has 3 N–H and O–H groups in total. The Balaban J connectivity index is 2.63. The molecular formula is C13H12O3. The van der Waals surface area contributed by atoms with Gasteiger partial charge in [0.25, 0.3) is 0 Å². The molecule has 0 atom stereocenters. The number of phenols is 3. The van der Waals surface area contributed by atoms with Crippen molar-refractivity contribution in [2.24, 2.45) is 0 Å². The van der Waals surface area contributed by atoms with Crippen LogP contribution in [0, 0.1) is 6.92 Å². The minimum Gasteiger partial charge on any atom is -0.507 e. The monoisotopic (exact) mass is 216 g/mol. The van der Waals surface area contributed by atoms with Gasteiger partial charge in [0.15, 0.2) is 11.5 Å². The maximum absolute atomic E-state index is 9.77. The van der Waals surface area contributed by atoms with Gasteiger partial charge in [-0.2, -0.15) is 0 Å². The molecule has 0 amide bonds. The first-order chi connectivity index (χ1) is 7.59. The molecule has 0 saturated carbocycles. The van der Waals surface area contributed by atoms with Gasteiger partial charge >= 0.3 is 0 Å². The van der Waals surface area contributed by atoms with Gasteiger partial charge in [0.2, 0.25) is 0 Å². The van der Waals surface area contributed by atoms with Gasteiger partial charge in [-0.05, 0) is 24.6 Å². The van der Waals surface area contributed by atoms with E-state index in [9.17, 15) is 15.3 Å². The Kier molecular flexibility index (Phi) is 2.44. The predicted octanol–water partition coefficient (Wildman–Crippen LogP) is 2.78. The summed E-state index contributed by atoms with van der Waals surface area (Å²) in [4.78, 5) is 0. The fraction of sp³-hybridized carbons (Fsp3) is 0.0769. The van der Waals surface area contributed by atoms with E-state index >= 15 is 0 Å². The van der Waals surface area contributed by atoms with Gasteiger partial charge in [-0.3, -0.25) is 0 Å². The van der Waals surface area contributed by atoms with Crippen LogP contribution >= 0.6 is 0 Å². The van der Waals surface area contributed by atoms with Gasteiger partial charge in [0.05, 0.1) is 0 Å². The highest BCUT2D eigenvalue weighted by Crippen LogP contribution is 2.39. The topological polar surface area (TPSA) is 60.7 Å². The Bertz CT molecular complexity index is 533. The van der Waals surface area contributed by atoms with Crippen LogP contribution in [0.4, 0.5) is 0 Å². The fourth-order valence-corrected chi connectivity index (χ4v) is 1.62. The molecule has 0 unspecified atom stereocenters. The molecule has 16 heavy (non-hydrogen) atoms. The van der Waals surface area contributed by atoms with E-state index < -0.39 is 0 Å². The number of phenolic OH excluding ortho intramolecular Hbond substituents is 3. The first-order valence-electron chi connectivity index (χ1n) is 4.90. The van der Waals surface area contributed by atoms with Crippen LogP contribution in [0.2, 0.25) is 0 Å². The summed E-state index contributed by atoms with van der Waals surface area (Å²) >= 11 is 0. The smallest absolute Gasteiger partial charge is 0.165 e. The van der Waals surface area contributed by atoms with E-state index in [1.54, 1.807) is 24.3 Å². The number of para-hydroxylation sites is 1. The van der Waals surface area contributed by atoms with Gasteiger partial charge in [-0.25, -0.2) is 0 Å². The quantitative estimate of drug-likeness (QED) is 0.642. The molecule has 0 aliphatic carbocycles. The molecule has 2 aromatic carbocycles. The highest BCUT2D eigenvalue weighted by molar-refractivity contribution is 5.77. The Hall–Kier alpha value is -2.16. The van der Waals surface area contributed by atoms with Crippen LogP contribution in [0.3, 0.4) is 0 Å². The zero-order chi connectivity index (χ0) is 11.7. The van der Waals surface area contributed by atoms with Gasteiger partial charge in [0.1, 0.15) is 5.75 Å². The summed E-state index contributed by atoms with van der Waals surface area (Å²) < 4.78 is 0. The van der Waals surface area contributed by atoms with Crippen molar-refractivity contribution in [1.29, 1.82) is 0 Å². The minimum absolute atomic E-state index is 0.0842. The first kappa shape index (κ1) is 10.4. The molecule has 3 nitrogen and oxygen atoms in total. The molecule has 0 aromatic heterocycles. The largest absolute Gasteiger partial charge is 0.507 e. The van der Waals surface area contributed by atoms with Crippen molar-refractivity contribution in [3.05, 3.63) is 42.0 Å². The van der Waals surface area contributed by atoms with Gasteiger partial charge in [-0.1, -0.05) is 24.3 Å². The van der Waals surface area contributed by atoms with Crippen molar-refractivity contribution in [2.45, 2.75) is 6.92 Å². The number of aromatic hydroxyl groups is 3. The molecule has 0 radical (unpaired) electrons. The summed E-state index contributed by atoms with van der Waals surface area (Å²) in [6.45, 7) is 1.87. The second-order valence-electron chi connectivity index (χ2n) is 3.69. The second-order valence-corrected chi connectivity index (χ2v) is 3.69. The summed E-state index contributed by atoms with van der Waals surface area (Å²) in [6.07, 6.45) is 0. The molecule has 0 aliphatic rings. The van der Waals surface area contributed by atoms with E-state index in [4.69, 9.17) is 0 Å². The van der Waals surface area contributed by atoms with Crippen molar-refractivity contribution in [1.82, 2.24) is 0 Å². The lowest BCUT2D eigenvalue weighted by molar-refractivity contribution is 0.404. The summed E-state index contributed by atoms with van der Waals surface area (Å²) in [6, 6.07) is 9.80. The first-order valence-corrected chi connectivity index (χ1v) is 4.90. The predicted molar refractivity (Wildman–Crippen MR) is 61.6 cm³/mol. The van der Waals surface area contributed by atoms with E-state index in [1.165, 1.54) is 6.07 Å². The lowest BCUT2D eigenvalue weighted by Crippen LogP contribution is -1.82. The number of hydrogen-bond donors (Lipinski definition) is 3. The Labute approximate surface area is 93.2 Å². The molecule has 0 aliphatic heterocycles.